The first kappa shape index (κ1) is 17.5. The standard InChI is InChI=1S/C19H21NO4/c1-21-16-6-8-17(22-2)14(10-16)9-15(12-20)13-5-7-18(23-3)19(11-13)24-4/h5-8,10-11,15H,9H2,1-4H3. The van der Waals surface area contributed by atoms with Gasteiger partial charge in [0.2, 0.25) is 0 Å². The first-order chi connectivity index (χ1) is 11.7. The molecule has 0 aromatic heterocycles. The van der Waals surface area contributed by atoms with Crippen molar-refractivity contribution in [2.45, 2.75) is 12.3 Å². The van der Waals surface area contributed by atoms with Gasteiger partial charge in [0, 0.05) is 0 Å². The zero-order valence-corrected chi connectivity index (χ0v) is 14.3. The van der Waals surface area contributed by atoms with Crippen molar-refractivity contribution in [2.24, 2.45) is 0 Å². The molecule has 0 aliphatic carbocycles. The highest BCUT2D eigenvalue weighted by atomic mass is 16.5. The van der Waals surface area contributed by atoms with E-state index < -0.39 is 0 Å². The lowest BCUT2D eigenvalue weighted by Crippen LogP contribution is -2.04. The summed E-state index contributed by atoms with van der Waals surface area (Å²) >= 11 is 0. The third-order valence-corrected chi connectivity index (χ3v) is 3.88. The molecule has 0 bridgehead atoms. The van der Waals surface area contributed by atoms with E-state index in [1.807, 2.05) is 30.3 Å². The van der Waals surface area contributed by atoms with Crippen molar-refractivity contribution in [3.8, 4) is 29.1 Å². The van der Waals surface area contributed by atoms with Crippen LogP contribution in [0, 0.1) is 11.3 Å². The lowest BCUT2D eigenvalue weighted by molar-refractivity contribution is 0.354. The molecule has 24 heavy (non-hydrogen) atoms. The van der Waals surface area contributed by atoms with Crippen LogP contribution < -0.4 is 18.9 Å². The van der Waals surface area contributed by atoms with Crippen molar-refractivity contribution in [1.82, 2.24) is 0 Å². The van der Waals surface area contributed by atoms with Crippen LogP contribution in [0.2, 0.25) is 0 Å². The van der Waals surface area contributed by atoms with E-state index in [0.717, 1.165) is 22.6 Å². The molecule has 0 heterocycles. The van der Waals surface area contributed by atoms with Gasteiger partial charge in [0.15, 0.2) is 11.5 Å². The Labute approximate surface area is 142 Å². The zero-order chi connectivity index (χ0) is 17.5. The van der Waals surface area contributed by atoms with Gasteiger partial charge < -0.3 is 18.9 Å². The molecule has 126 valence electrons. The van der Waals surface area contributed by atoms with Gasteiger partial charge in [-0.15, -0.1) is 0 Å². The van der Waals surface area contributed by atoms with E-state index in [2.05, 4.69) is 6.07 Å². The molecule has 0 aliphatic rings. The van der Waals surface area contributed by atoms with Crippen molar-refractivity contribution >= 4 is 0 Å². The summed E-state index contributed by atoms with van der Waals surface area (Å²) in [5, 5.41) is 9.63. The van der Waals surface area contributed by atoms with Crippen molar-refractivity contribution in [3.63, 3.8) is 0 Å². The van der Waals surface area contributed by atoms with Gasteiger partial charge in [-0.25, -0.2) is 0 Å². The molecule has 0 amide bonds. The quantitative estimate of drug-likeness (QED) is 0.778. The number of hydrogen-bond acceptors (Lipinski definition) is 5. The molecule has 2 aromatic rings. The number of hydrogen-bond donors (Lipinski definition) is 0. The third kappa shape index (κ3) is 3.72. The Kier molecular flexibility index (Phi) is 5.91. The lowest BCUT2D eigenvalue weighted by atomic mass is 9.92. The van der Waals surface area contributed by atoms with Crippen LogP contribution in [0.4, 0.5) is 0 Å². The van der Waals surface area contributed by atoms with E-state index in [0.29, 0.717) is 17.9 Å². The second-order valence-electron chi connectivity index (χ2n) is 5.18. The smallest absolute Gasteiger partial charge is 0.161 e. The van der Waals surface area contributed by atoms with Crippen LogP contribution in [0.15, 0.2) is 36.4 Å². The van der Waals surface area contributed by atoms with Crippen LogP contribution in [0.1, 0.15) is 17.0 Å². The van der Waals surface area contributed by atoms with Crippen LogP contribution in [0.25, 0.3) is 0 Å². The Morgan fingerprint density at radius 3 is 2.08 bits per heavy atom. The van der Waals surface area contributed by atoms with E-state index in [4.69, 9.17) is 18.9 Å². The van der Waals surface area contributed by atoms with Crippen LogP contribution >= 0.6 is 0 Å². The molecule has 0 N–H and O–H groups in total. The van der Waals surface area contributed by atoms with Gasteiger partial charge in [0.05, 0.1) is 40.4 Å². The van der Waals surface area contributed by atoms with E-state index in [1.165, 1.54) is 0 Å². The second-order valence-corrected chi connectivity index (χ2v) is 5.18. The highest BCUT2D eigenvalue weighted by molar-refractivity contribution is 5.47. The molecule has 0 saturated heterocycles. The summed E-state index contributed by atoms with van der Waals surface area (Å²) < 4.78 is 21.2. The molecule has 1 unspecified atom stereocenters. The third-order valence-electron chi connectivity index (χ3n) is 3.88. The highest BCUT2D eigenvalue weighted by Gasteiger charge is 2.17. The van der Waals surface area contributed by atoms with Gasteiger partial charge in [0.1, 0.15) is 11.5 Å². The summed E-state index contributed by atoms with van der Waals surface area (Å²) in [6, 6.07) is 13.4. The van der Waals surface area contributed by atoms with Crippen LogP contribution in [-0.2, 0) is 6.42 Å². The van der Waals surface area contributed by atoms with Gasteiger partial charge in [0.25, 0.3) is 0 Å². The summed E-state index contributed by atoms with van der Waals surface area (Å²) in [6.45, 7) is 0. The molecule has 0 aliphatic heterocycles. The fourth-order valence-electron chi connectivity index (χ4n) is 2.57. The molecule has 2 rings (SSSR count). The molecular formula is C19H21NO4. The lowest BCUT2D eigenvalue weighted by Gasteiger charge is -2.15. The molecule has 5 heteroatoms. The van der Waals surface area contributed by atoms with Crippen molar-refractivity contribution in [1.29, 1.82) is 5.26 Å². The minimum atomic E-state index is -0.342. The predicted molar refractivity (Wildman–Crippen MR) is 91.2 cm³/mol. The fourth-order valence-corrected chi connectivity index (χ4v) is 2.57. The predicted octanol–water partition coefficient (Wildman–Crippen LogP) is 3.57. The van der Waals surface area contributed by atoms with Crippen molar-refractivity contribution in [2.75, 3.05) is 28.4 Å². The number of methoxy groups -OCH3 is 4. The summed E-state index contributed by atoms with van der Waals surface area (Å²) in [7, 11) is 6.39. The number of rotatable bonds is 7. The minimum Gasteiger partial charge on any atom is -0.497 e. The van der Waals surface area contributed by atoms with Gasteiger partial charge >= 0.3 is 0 Å². The number of ether oxygens (including phenoxy) is 4. The summed E-state index contributed by atoms with van der Waals surface area (Å²) in [5.74, 6) is 2.36. The minimum absolute atomic E-state index is 0.342. The average Bonchev–Trinajstić information content (AvgIpc) is 2.65. The fraction of sp³-hybridized carbons (Fsp3) is 0.316. The Morgan fingerprint density at radius 2 is 1.50 bits per heavy atom. The maximum absolute atomic E-state index is 9.63. The van der Waals surface area contributed by atoms with E-state index >= 15 is 0 Å². The first-order valence-electron chi connectivity index (χ1n) is 7.49. The number of nitriles is 1. The van der Waals surface area contributed by atoms with Crippen molar-refractivity contribution in [3.05, 3.63) is 47.5 Å². The maximum atomic E-state index is 9.63. The highest BCUT2D eigenvalue weighted by Crippen LogP contribution is 2.34. The zero-order valence-electron chi connectivity index (χ0n) is 14.3. The molecule has 0 fully saturated rings. The molecule has 0 radical (unpaired) electrons. The largest absolute Gasteiger partial charge is 0.497 e. The SMILES string of the molecule is COc1ccc(OC)c(CC(C#N)c2ccc(OC)c(OC)c2)c1. The van der Waals surface area contributed by atoms with Gasteiger partial charge in [-0.05, 0) is 47.9 Å². The monoisotopic (exact) mass is 327 g/mol. The second kappa shape index (κ2) is 8.11. The average molecular weight is 327 g/mol. The maximum Gasteiger partial charge on any atom is 0.161 e. The normalized spacial score (nSPS) is 11.3. The van der Waals surface area contributed by atoms with Gasteiger partial charge in [-0.3, -0.25) is 0 Å². The Hall–Kier alpha value is -2.87. The summed E-state index contributed by atoms with van der Waals surface area (Å²) in [5.41, 5.74) is 1.78. The molecule has 5 nitrogen and oxygen atoms in total. The topological polar surface area (TPSA) is 60.7 Å². The van der Waals surface area contributed by atoms with E-state index in [1.54, 1.807) is 34.5 Å². The Balaban J connectivity index is 2.35. The molecular weight excluding hydrogens is 306 g/mol. The Morgan fingerprint density at radius 1 is 0.833 bits per heavy atom. The molecule has 2 aromatic carbocycles. The molecule has 0 saturated carbocycles. The van der Waals surface area contributed by atoms with Crippen molar-refractivity contribution < 1.29 is 18.9 Å². The van der Waals surface area contributed by atoms with E-state index in [9.17, 15) is 5.26 Å². The van der Waals surface area contributed by atoms with Crippen LogP contribution in [0.3, 0.4) is 0 Å². The van der Waals surface area contributed by atoms with Crippen LogP contribution in [-0.4, -0.2) is 28.4 Å². The molecule has 0 spiro atoms. The number of benzene rings is 2. The first-order valence-corrected chi connectivity index (χ1v) is 7.49. The Bertz CT molecular complexity index is 737. The van der Waals surface area contributed by atoms with E-state index in [-0.39, 0.29) is 5.92 Å². The number of nitrogens with zero attached hydrogens (tertiary/aromatic N) is 1. The molecule has 1 atom stereocenters. The summed E-state index contributed by atoms with van der Waals surface area (Å²) in [4.78, 5) is 0. The summed E-state index contributed by atoms with van der Waals surface area (Å²) in [6.07, 6.45) is 0.506. The van der Waals surface area contributed by atoms with Gasteiger partial charge in [-0.1, -0.05) is 6.07 Å². The van der Waals surface area contributed by atoms with Gasteiger partial charge in [-0.2, -0.15) is 5.26 Å². The van der Waals surface area contributed by atoms with Crippen LogP contribution in [0.5, 0.6) is 23.0 Å².